The Kier molecular flexibility index (Phi) is 6.01. The Balaban J connectivity index is 1.81. The lowest BCUT2D eigenvalue weighted by Gasteiger charge is -2.12. The quantitative estimate of drug-likeness (QED) is 0.327. The van der Waals surface area contributed by atoms with Crippen LogP contribution in [0.5, 0.6) is 0 Å². The number of hydrogen-bond acceptors (Lipinski definition) is 4. The first kappa shape index (κ1) is 23.9. The molecule has 178 valence electrons. The molecule has 35 heavy (non-hydrogen) atoms. The van der Waals surface area contributed by atoms with Crippen molar-refractivity contribution in [3.05, 3.63) is 89.9 Å². The van der Waals surface area contributed by atoms with Gasteiger partial charge in [0, 0.05) is 17.3 Å². The monoisotopic (exact) mass is 489 g/mol. The number of pyridine rings is 1. The molecule has 2 heterocycles. The van der Waals surface area contributed by atoms with Gasteiger partial charge < -0.3 is 5.11 Å². The molecule has 0 radical (unpaired) electrons. The largest absolute Gasteiger partial charge is 0.478 e. The number of aromatic nitrogens is 3. The number of rotatable bonds is 4. The van der Waals surface area contributed by atoms with E-state index in [1.807, 2.05) is 0 Å². The number of carboxylic acids is 1. The van der Waals surface area contributed by atoms with Gasteiger partial charge in [-0.3, -0.25) is 4.98 Å². The predicted molar refractivity (Wildman–Crippen MR) is 113 cm³/mol. The highest BCUT2D eigenvalue weighted by molar-refractivity contribution is 5.89. The van der Waals surface area contributed by atoms with Gasteiger partial charge in [-0.2, -0.15) is 26.3 Å². The van der Waals surface area contributed by atoms with E-state index in [4.69, 9.17) is 0 Å². The number of alkyl halides is 6. The molecule has 0 saturated heterocycles. The molecule has 0 spiro atoms. The molecule has 0 aliphatic carbocycles. The summed E-state index contributed by atoms with van der Waals surface area (Å²) in [5, 5.41) is 9.20. The van der Waals surface area contributed by atoms with Gasteiger partial charge in [0.1, 0.15) is 11.4 Å². The van der Waals surface area contributed by atoms with Crippen molar-refractivity contribution < 1.29 is 36.2 Å². The zero-order valence-electron chi connectivity index (χ0n) is 17.4. The molecule has 0 atom stereocenters. The fourth-order valence-corrected chi connectivity index (χ4v) is 3.25. The van der Waals surface area contributed by atoms with Crippen LogP contribution in [-0.2, 0) is 12.4 Å². The van der Waals surface area contributed by atoms with Gasteiger partial charge in [-0.05, 0) is 47.5 Å². The van der Waals surface area contributed by atoms with Gasteiger partial charge in [-0.15, -0.1) is 0 Å². The molecule has 4 aromatic rings. The average molecular weight is 489 g/mol. The highest BCUT2D eigenvalue weighted by Gasteiger charge is 2.35. The van der Waals surface area contributed by atoms with Crippen LogP contribution in [0.25, 0.3) is 33.8 Å². The Labute approximate surface area is 193 Å². The molecule has 0 bridgehead atoms. The molecule has 0 aliphatic heterocycles. The number of halogens is 6. The summed E-state index contributed by atoms with van der Waals surface area (Å²) in [4.78, 5) is 22.3. The van der Waals surface area contributed by atoms with Crippen LogP contribution < -0.4 is 0 Å². The lowest BCUT2D eigenvalue weighted by atomic mass is 10.0. The molecule has 2 aromatic heterocycles. The fourth-order valence-electron chi connectivity index (χ4n) is 3.25. The van der Waals surface area contributed by atoms with E-state index in [1.165, 1.54) is 30.3 Å². The standard InChI is InChI=1S/C24H13F6N3O2/c25-23(26,27)19-8-7-17(12-31-19)18-11-20(24(28,29)30)33-21(32-18)15-5-1-3-13(9-15)14-4-2-6-16(10-14)22(34)35/h1-12H,(H,34,35). The van der Waals surface area contributed by atoms with E-state index in [1.54, 1.807) is 18.2 Å². The average Bonchev–Trinajstić information content (AvgIpc) is 2.83. The maximum Gasteiger partial charge on any atom is 0.433 e. The highest BCUT2D eigenvalue weighted by atomic mass is 19.4. The summed E-state index contributed by atoms with van der Waals surface area (Å²) in [6, 6.07) is 14.4. The Morgan fingerprint density at radius 1 is 0.686 bits per heavy atom. The molecule has 1 N–H and O–H groups in total. The SMILES string of the molecule is O=C(O)c1cccc(-c2cccc(-c3nc(-c4ccc(C(F)(F)F)nc4)cc(C(F)(F)F)n3)c2)c1. The van der Waals surface area contributed by atoms with E-state index in [9.17, 15) is 36.2 Å². The van der Waals surface area contributed by atoms with Gasteiger partial charge in [0.15, 0.2) is 5.82 Å². The fraction of sp³-hybridized carbons (Fsp3) is 0.0833. The van der Waals surface area contributed by atoms with Crippen molar-refractivity contribution in [3.63, 3.8) is 0 Å². The second kappa shape index (κ2) is 8.82. The first-order valence-electron chi connectivity index (χ1n) is 9.86. The molecule has 0 fully saturated rings. The van der Waals surface area contributed by atoms with Crippen LogP contribution in [0.2, 0.25) is 0 Å². The normalized spacial score (nSPS) is 11.9. The van der Waals surface area contributed by atoms with Crippen molar-refractivity contribution in [1.82, 2.24) is 15.0 Å². The predicted octanol–water partition coefficient (Wildman–Crippen LogP) is 6.61. The third-order valence-electron chi connectivity index (χ3n) is 4.93. The number of benzene rings is 2. The third-order valence-corrected chi connectivity index (χ3v) is 4.93. The van der Waals surface area contributed by atoms with Gasteiger partial charge in [0.25, 0.3) is 0 Å². The number of hydrogen-bond donors (Lipinski definition) is 1. The van der Waals surface area contributed by atoms with Crippen LogP contribution in [-0.4, -0.2) is 26.0 Å². The second-order valence-electron chi connectivity index (χ2n) is 7.36. The molecule has 0 unspecified atom stereocenters. The van der Waals surface area contributed by atoms with E-state index in [-0.39, 0.29) is 28.2 Å². The van der Waals surface area contributed by atoms with Crippen LogP contribution in [0.15, 0.2) is 72.9 Å². The zero-order chi connectivity index (χ0) is 25.4. The van der Waals surface area contributed by atoms with Crippen molar-refractivity contribution in [2.75, 3.05) is 0 Å². The number of nitrogens with zero attached hydrogens (tertiary/aromatic N) is 3. The van der Waals surface area contributed by atoms with Crippen LogP contribution in [0.3, 0.4) is 0 Å². The number of aromatic carboxylic acids is 1. The summed E-state index contributed by atoms with van der Waals surface area (Å²) in [6.45, 7) is 0. The molecule has 4 rings (SSSR count). The Morgan fingerprint density at radius 2 is 1.31 bits per heavy atom. The lowest BCUT2D eigenvalue weighted by molar-refractivity contribution is -0.141. The Morgan fingerprint density at radius 3 is 1.91 bits per heavy atom. The van der Waals surface area contributed by atoms with Crippen molar-refractivity contribution in [3.8, 4) is 33.8 Å². The van der Waals surface area contributed by atoms with Crippen molar-refractivity contribution in [1.29, 1.82) is 0 Å². The van der Waals surface area contributed by atoms with Crippen molar-refractivity contribution in [2.24, 2.45) is 0 Å². The van der Waals surface area contributed by atoms with Gasteiger partial charge in [-0.25, -0.2) is 14.8 Å². The van der Waals surface area contributed by atoms with Crippen LogP contribution in [0.1, 0.15) is 21.7 Å². The van der Waals surface area contributed by atoms with Crippen LogP contribution >= 0.6 is 0 Å². The third kappa shape index (κ3) is 5.29. The van der Waals surface area contributed by atoms with Crippen LogP contribution in [0.4, 0.5) is 26.3 Å². The maximum atomic E-state index is 13.6. The van der Waals surface area contributed by atoms with E-state index in [2.05, 4.69) is 15.0 Å². The summed E-state index contributed by atoms with van der Waals surface area (Å²) in [7, 11) is 0. The van der Waals surface area contributed by atoms with Gasteiger partial charge >= 0.3 is 18.3 Å². The number of carboxylic acid groups (broad SMARTS) is 1. The minimum atomic E-state index is -4.85. The molecule has 11 heteroatoms. The summed E-state index contributed by atoms with van der Waals surface area (Å²) >= 11 is 0. The van der Waals surface area contributed by atoms with E-state index >= 15 is 0 Å². The Bertz CT molecular complexity index is 1400. The molecule has 0 saturated carbocycles. The van der Waals surface area contributed by atoms with Crippen molar-refractivity contribution in [2.45, 2.75) is 12.4 Å². The Hall–Kier alpha value is -4.28. The summed E-state index contributed by atoms with van der Waals surface area (Å²) < 4.78 is 79.1. The van der Waals surface area contributed by atoms with Gasteiger partial charge in [-0.1, -0.05) is 30.3 Å². The summed E-state index contributed by atoms with van der Waals surface area (Å²) in [6.07, 6.45) is -8.76. The lowest BCUT2D eigenvalue weighted by Crippen LogP contribution is -2.11. The van der Waals surface area contributed by atoms with Crippen LogP contribution in [0, 0.1) is 0 Å². The highest BCUT2D eigenvalue weighted by Crippen LogP contribution is 2.34. The minimum Gasteiger partial charge on any atom is -0.478 e. The van der Waals surface area contributed by atoms with E-state index in [0.29, 0.717) is 23.3 Å². The van der Waals surface area contributed by atoms with E-state index < -0.39 is 29.7 Å². The molecule has 5 nitrogen and oxygen atoms in total. The van der Waals surface area contributed by atoms with Gasteiger partial charge in [0.2, 0.25) is 0 Å². The van der Waals surface area contributed by atoms with Crippen molar-refractivity contribution >= 4 is 5.97 Å². The van der Waals surface area contributed by atoms with E-state index in [0.717, 1.165) is 12.3 Å². The summed E-state index contributed by atoms with van der Waals surface area (Å²) in [5.41, 5.74) is -1.57. The molecule has 0 aliphatic rings. The molecular weight excluding hydrogens is 476 g/mol. The molecule has 2 aromatic carbocycles. The first-order valence-corrected chi connectivity index (χ1v) is 9.86. The smallest absolute Gasteiger partial charge is 0.433 e. The second-order valence-corrected chi connectivity index (χ2v) is 7.36. The zero-order valence-corrected chi connectivity index (χ0v) is 17.4. The first-order chi connectivity index (χ1) is 16.4. The topological polar surface area (TPSA) is 76.0 Å². The summed E-state index contributed by atoms with van der Waals surface area (Å²) in [5.74, 6) is -1.45. The number of carbonyl (C=O) groups is 1. The molecule has 0 amide bonds. The minimum absolute atomic E-state index is 0.0281. The molecular formula is C24H13F6N3O2. The van der Waals surface area contributed by atoms with Gasteiger partial charge in [0.05, 0.1) is 11.3 Å². The maximum absolute atomic E-state index is 13.6.